The zero-order chi connectivity index (χ0) is 16.7. The Morgan fingerprint density at radius 3 is 3.00 bits per heavy atom. The molecular formula is C18H25N5O. The van der Waals surface area contributed by atoms with Crippen molar-refractivity contribution in [2.45, 2.75) is 38.9 Å². The summed E-state index contributed by atoms with van der Waals surface area (Å²) in [6.45, 7) is 6.23. The number of piperidine rings is 1. The molecule has 2 aromatic rings. The Labute approximate surface area is 141 Å². The van der Waals surface area contributed by atoms with Crippen LogP contribution < -0.4 is 10.9 Å². The number of fused-ring (bicyclic) bond motifs is 4. The summed E-state index contributed by atoms with van der Waals surface area (Å²) in [5.74, 6) is 2.02. The predicted molar refractivity (Wildman–Crippen MR) is 92.9 cm³/mol. The molecule has 1 fully saturated rings. The maximum absolute atomic E-state index is 12.9. The average Bonchev–Trinajstić information content (AvgIpc) is 2.96. The molecule has 2 aliphatic heterocycles. The maximum atomic E-state index is 12.9. The third-order valence-corrected chi connectivity index (χ3v) is 5.20. The number of aryl methyl sites for hydroxylation is 1. The van der Waals surface area contributed by atoms with Crippen molar-refractivity contribution in [2.24, 2.45) is 5.92 Å². The third-order valence-electron chi connectivity index (χ3n) is 5.20. The van der Waals surface area contributed by atoms with Crippen molar-refractivity contribution in [3.63, 3.8) is 0 Å². The number of hydrogen-bond acceptors (Lipinski definition) is 4. The van der Waals surface area contributed by atoms with Crippen LogP contribution in [0, 0.1) is 12.8 Å². The van der Waals surface area contributed by atoms with E-state index in [1.165, 1.54) is 12.1 Å². The monoisotopic (exact) mass is 327 g/mol. The van der Waals surface area contributed by atoms with Gasteiger partial charge in [0.15, 0.2) is 0 Å². The van der Waals surface area contributed by atoms with Crippen molar-refractivity contribution in [1.29, 1.82) is 0 Å². The number of rotatable bonds is 4. The Hall–Kier alpha value is -1.92. The van der Waals surface area contributed by atoms with Gasteiger partial charge in [-0.1, -0.05) is 6.07 Å². The minimum absolute atomic E-state index is 0.187. The van der Waals surface area contributed by atoms with Crippen LogP contribution in [0.15, 0.2) is 23.1 Å². The zero-order valence-corrected chi connectivity index (χ0v) is 14.4. The Morgan fingerprint density at radius 2 is 2.21 bits per heavy atom. The molecular weight excluding hydrogens is 302 g/mol. The molecule has 0 saturated carbocycles. The first-order chi connectivity index (χ1) is 11.6. The first-order valence-electron chi connectivity index (χ1n) is 8.72. The summed E-state index contributed by atoms with van der Waals surface area (Å²) in [5, 5.41) is 3.49. The van der Waals surface area contributed by atoms with Crippen molar-refractivity contribution in [3.05, 3.63) is 51.5 Å². The van der Waals surface area contributed by atoms with Crippen LogP contribution in [0.3, 0.4) is 0 Å². The van der Waals surface area contributed by atoms with Gasteiger partial charge >= 0.3 is 0 Å². The molecule has 6 nitrogen and oxygen atoms in total. The van der Waals surface area contributed by atoms with Crippen LogP contribution >= 0.6 is 0 Å². The second-order valence-electron chi connectivity index (χ2n) is 7.34. The Bertz CT molecular complexity index is 793. The van der Waals surface area contributed by atoms with Crippen LogP contribution in [0.4, 0.5) is 0 Å². The van der Waals surface area contributed by atoms with Crippen molar-refractivity contribution < 1.29 is 0 Å². The van der Waals surface area contributed by atoms with Gasteiger partial charge in [0, 0.05) is 48.7 Å². The highest BCUT2D eigenvalue weighted by molar-refractivity contribution is 5.22. The van der Waals surface area contributed by atoms with Crippen molar-refractivity contribution in [3.8, 4) is 0 Å². The highest BCUT2D eigenvalue weighted by Gasteiger charge is 2.31. The first-order valence-corrected chi connectivity index (χ1v) is 8.72. The molecule has 2 aromatic heterocycles. The average molecular weight is 327 g/mol. The minimum Gasteiger partial charge on any atom is -0.345 e. The zero-order valence-electron chi connectivity index (χ0n) is 14.4. The van der Waals surface area contributed by atoms with Gasteiger partial charge in [-0.15, -0.1) is 0 Å². The molecule has 128 valence electrons. The van der Waals surface area contributed by atoms with Gasteiger partial charge in [-0.05, 0) is 38.9 Å². The smallest absolute Gasteiger partial charge is 0.255 e. The molecule has 4 heterocycles. The van der Waals surface area contributed by atoms with Crippen molar-refractivity contribution >= 4 is 0 Å². The number of aromatic nitrogens is 3. The number of H-pyrrole nitrogens is 1. The summed E-state index contributed by atoms with van der Waals surface area (Å²) >= 11 is 0. The Balaban J connectivity index is 1.54. The van der Waals surface area contributed by atoms with Gasteiger partial charge in [0.1, 0.15) is 5.82 Å². The predicted octanol–water partition coefficient (Wildman–Crippen LogP) is 1.22. The maximum Gasteiger partial charge on any atom is 0.255 e. The van der Waals surface area contributed by atoms with E-state index in [0.29, 0.717) is 24.9 Å². The van der Waals surface area contributed by atoms with Crippen molar-refractivity contribution in [1.82, 2.24) is 24.8 Å². The topological polar surface area (TPSA) is 66.0 Å². The SMILES string of the molecule is Cc1cnc(CN(C)Cc2ccc3n(c2=O)C[C@@H]2CNC[C@H]3C2)[nH]1. The van der Waals surface area contributed by atoms with Gasteiger partial charge in [0.2, 0.25) is 0 Å². The molecule has 2 atom stereocenters. The summed E-state index contributed by atoms with van der Waals surface area (Å²) in [6.07, 6.45) is 3.05. The number of imidazole rings is 1. The summed E-state index contributed by atoms with van der Waals surface area (Å²) < 4.78 is 2.03. The fraction of sp³-hybridized carbons (Fsp3) is 0.556. The van der Waals surface area contributed by atoms with E-state index in [0.717, 1.165) is 36.7 Å². The highest BCUT2D eigenvalue weighted by atomic mass is 16.1. The molecule has 2 aliphatic rings. The largest absolute Gasteiger partial charge is 0.345 e. The van der Waals surface area contributed by atoms with E-state index in [2.05, 4.69) is 26.3 Å². The second kappa shape index (κ2) is 6.18. The lowest BCUT2D eigenvalue weighted by Gasteiger charge is -2.37. The fourth-order valence-electron chi connectivity index (χ4n) is 4.11. The normalized spacial score (nSPS) is 22.6. The molecule has 0 unspecified atom stereocenters. The Kier molecular flexibility index (Phi) is 4.02. The van der Waals surface area contributed by atoms with Crippen LogP contribution in [0.1, 0.15) is 35.1 Å². The van der Waals surface area contributed by atoms with E-state index in [1.54, 1.807) is 0 Å². The molecule has 1 saturated heterocycles. The number of aromatic amines is 1. The van der Waals surface area contributed by atoms with E-state index in [9.17, 15) is 4.79 Å². The second-order valence-corrected chi connectivity index (χ2v) is 7.34. The quantitative estimate of drug-likeness (QED) is 0.886. The lowest BCUT2D eigenvalue weighted by molar-refractivity contribution is 0.254. The minimum atomic E-state index is 0.187. The molecule has 4 rings (SSSR count). The summed E-state index contributed by atoms with van der Waals surface area (Å²) in [6, 6.07) is 4.18. The van der Waals surface area contributed by atoms with E-state index in [4.69, 9.17) is 0 Å². The molecule has 0 radical (unpaired) electrons. The first kappa shape index (κ1) is 15.6. The van der Waals surface area contributed by atoms with Crippen LogP contribution in [-0.2, 0) is 19.6 Å². The molecule has 0 spiro atoms. The van der Waals surface area contributed by atoms with E-state index in [-0.39, 0.29) is 5.56 Å². The summed E-state index contributed by atoms with van der Waals surface area (Å²) in [5.41, 5.74) is 3.33. The number of nitrogens with zero attached hydrogens (tertiary/aromatic N) is 3. The summed E-state index contributed by atoms with van der Waals surface area (Å²) in [7, 11) is 2.03. The number of nitrogens with one attached hydrogen (secondary N) is 2. The van der Waals surface area contributed by atoms with Crippen LogP contribution in [0.2, 0.25) is 0 Å². The Morgan fingerprint density at radius 1 is 1.33 bits per heavy atom. The third kappa shape index (κ3) is 2.91. The van der Waals surface area contributed by atoms with E-state index >= 15 is 0 Å². The van der Waals surface area contributed by atoms with Crippen LogP contribution in [0.5, 0.6) is 0 Å². The molecule has 0 amide bonds. The molecule has 0 aromatic carbocycles. The van der Waals surface area contributed by atoms with Gasteiger partial charge in [-0.3, -0.25) is 9.69 Å². The van der Waals surface area contributed by atoms with Gasteiger partial charge in [-0.25, -0.2) is 4.98 Å². The van der Waals surface area contributed by atoms with Gasteiger partial charge < -0.3 is 14.9 Å². The van der Waals surface area contributed by atoms with Crippen molar-refractivity contribution in [2.75, 3.05) is 20.1 Å². The fourth-order valence-corrected chi connectivity index (χ4v) is 4.11. The molecule has 2 bridgehead atoms. The molecule has 24 heavy (non-hydrogen) atoms. The van der Waals surface area contributed by atoms with E-state index in [1.807, 2.05) is 30.8 Å². The molecule has 2 N–H and O–H groups in total. The highest BCUT2D eigenvalue weighted by Crippen LogP contribution is 2.31. The van der Waals surface area contributed by atoms with Crippen LogP contribution in [0.25, 0.3) is 0 Å². The van der Waals surface area contributed by atoms with Gasteiger partial charge in [0.25, 0.3) is 5.56 Å². The number of pyridine rings is 1. The van der Waals surface area contributed by atoms with Gasteiger partial charge in [-0.2, -0.15) is 0 Å². The lowest BCUT2D eigenvalue weighted by Crippen LogP contribution is -2.45. The van der Waals surface area contributed by atoms with Gasteiger partial charge in [0.05, 0.1) is 6.54 Å². The number of hydrogen-bond donors (Lipinski definition) is 2. The van der Waals surface area contributed by atoms with Crippen LogP contribution in [-0.4, -0.2) is 39.6 Å². The standard InChI is InChI=1S/C18H25N5O/c1-12-6-20-17(21-12)11-22(2)10-14-3-4-16-15-5-13(7-19-8-15)9-23(16)18(14)24/h3-4,6,13,15,19H,5,7-11H2,1-2H3,(H,20,21)/t13-,15+/m0/s1. The lowest BCUT2D eigenvalue weighted by atomic mass is 9.84. The summed E-state index contributed by atoms with van der Waals surface area (Å²) in [4.78, 5) is 22.6. The molecule has 0 aliphatic carbocycles. The van der Waals surface area contributed by atoms with E-state index < -0.39 is 0 Å². The molecule has 6 heteroatoms.